The zero-order valence-corrected chi connectivity index (χ0v) is 15.3. The molecule has 0 saturated heterocycles. The summed E-state index contributed by atoms with van der Waals surface area (Å²) in [5.74, 6) is -0.359. The molecular weight excluding hydrogens is 268 g/mol. The van der Waals surface area contributed by atoms with Gasteiger partial charge in [0.1, 0.15) is 0 Å². The normalized spacial score (nSPS) is 25.9. The molecular formula is C17H34O4. The smallest absolute Gasteiger partial charge is 0.228 e. The van der Waals surface area contributed by atoms with Crippen LogP contribution in [0.1, 0.15) is 81.6 Å². The van der Waals surface area contributed by atoms with Crippen LogP contribution in [0, 0.1) is 11.3 Å². The van der Waals surface area contributed by atoms with Gasteiger partial charge in [-0.2, -0.15) is 9.78 Å². The Hall–Kier alpha value is -0.160. The van der Waals surface area contributed by atoms with E-state index in [1.54, 1.807) is 0 Å². The third-order valence-electron chi connectivity index (χ3n) is 3.20. The van der Waals surface area contributed by atoms with Crippen molar-refractivity contribution in [3.05, 3.63) is 0 Å². The lowest BCUT2D eigenvalue weighted by molar-refractivity contribution is -0.551. The van der Waals surface area contributed by atoms with E-state index in [1.807, 2.05) is 41.5 Å². The summed E-state index contributed by atoms with van der Waals surface area (Å²) in [5.41, 5.74) is -0.647. The molecule has 4 heteroatoms. The van der Waals surface area contributed by atoms with E-state index >= 15 is 0 Å². The maximum Gasteiger partial charge on any atom is 0.234 e. The Morgan fingerprint density at radius 3 is 1.57 bits per heavy atom. The highest BCUT2D eigenvalue weighted by molar-refractivity contribution is 4.88. The average molecular weight is 302 g/mol. The predicted molar refractivity (Wildman–Crippen MR) is 83.4 cm³/mol. The summed E-state index contributed by atoms with van der Waals surface area (Å²) in [6.07, 6.45) is 2.66. The minimum absolute atomic E-state index is 0.125. The van der Waals surface area contributed by atoms with E-state index in [0.717, 1.165) is 19.3 Å². The molecule has 0 heterocycles. The SMILES string of the molecule is C[C@@H]1CC(C)(C)CC(OOC(C)(C)C)(OOC(C)(C)C)C1. The summed E-state index contributed by atoms with van der Waals surface area (Å²) in [5, 5.41) is 0. The van der Waals surface area contributed by atoms with Gasteiger partial charge in [-0.25, -0.2) is 9.78 Å². The summed E-state index contributed by atoms with van der Waals surface area (Å²) in [7, 11) is 0. The minimum Gasteiger partial charge on any atom is -0.228 e. The van der Waals surface area contributed by atoms with Gasteiger partial charge in [-0.3, -0.25) is 0 Å². The molecule has 0 unspecified atom stereocenters. The van der Waals surface area contributed by atoms with Gasteiger partial charge in [-0.05, 0) is 59.3 Å². The van der Waals surface area contributed by atoms with Crippen molar-refractivity contribution >= 4 is 0 Å². The number of rotatable bonds is 4. The minimum atomic E-state index is -0.846. The van der Waals surface area contributed by atoms with E-state index in [1.165, 1.54) is 0 Å². The Morgan fingerprint density at radius 2 is 1.24 bits per heavy atom. The fraction of sp³-hybridized carbons (Fsp3) is 1.00. The Bertz CT molecular complexity index is 318. The molecule has 0 N–H and O–H groups in total. The van der Waals surface area contributed by atoms with Crippen LogP contribution in [0.3, 0.4) is 0 Å². The van der Waals surface area contributed by atoms with Crippen molar-refractivity contribution in [2.45, 2.75) is 98.6 Å². The standard InChI is InChI=1S/C17H34O4/c1-13-10-16(8,9)12-17(11-13,20-18-14(2,3)4)21-19-15(5,6)7/h13H,10-12H2,1-9H3/t13-/m1/s1. The highest BCUT2D eigenvalue weighted by Gasteiger charge is 2.48. The van der Waals surface area contributed by atoms with Gasteiger partial charge in [0, 0.05) is 12.8 Å². The fourth-order valence-electron chi connectivity index (χ4n) is 2.96. The average Bonchev–Trinajstić information content (AvgIpc) is 2.19. The first-order valence-electron chi connectivity index (χ1n) is 7.96. The second kappa shape index (κ2) is 6.15. The molecule has 1 saturated carbocycles. The van der Waals surface area contributed by atoms with E-state index in [0.29, 0.717) is 5.92 Å². The summed E-state index contributed by atoms with van der Waals surface area (Å²) < 4.78 is 0. The molecule has 0 aliphatic heterocycles. The molecule has 1 rings (SSSR count). The first-order valence-corrected chi connectivity index (χ1v) is 7.96. The first kappa shape index (κ1) is 18.9. The van der Waals surface area contributed by atoms with Crippen LogP contribution >= 0.6 is 0 Å². The van der Waals surface area contributed by atoms with Gasteiger partial charge in [0.25, 0.3) is 0 Å². The first-order chi connectivity index (χ1) is 9.22. The lowest BCUT2D eigenvalue weighted by Gasteiger charge is -2.46. The molecule has 1 aliphatic rings. The van der Waals surface area contributed by atoms with Gasteiger partial charge in [-0.1, -0.05) is 20.8 Å². The number of hydrogen-bond donors (Lipinski definition) is 0. The van der Waals surface area contributed by atoms with Crippen LogP contribution in [0.15, 0.2) is 0 Å². The van der Waals surface area contributed by atoms with E-state index < -0.39 is 5.79 Å². The van der Waals surface area contributed by atoms with E-state index in [9.17, 15) is 0 Å². The Labute approximate surface area is 130 Å². The second-order valence-electron chi connectivity index (χ2n) is 9.32. The third kappa shape index (κ3) is 7.09. The Morgan fingerprint density at radius 1 is 0.810 bits per heavy atom. The van der Waals surface area contributed by atoms with Gasteiger partial charge in [0.2, 0.25) is 5.79 Å². The molecule has 0 aromatic rings. The van der Waals surface area contributed by atoms with Crippen molar-refractivity contribution in [3.63, 3.8) is 0 Å². The summed E-state index contributed by atoms with van der Waals surface area (Å²) in [6, 6.07) is 0. The zero-order valence-electron chi connectivity index (χ0n) is 15.3. The lowest BCUT2D eigenvalue weighted by atomic mass is 9.70. The van der Waals surface area contributed by atoms with Gasteiger partial charge >= 0.3 is 0 Å². The molecule has 0 amide bonds. The van der Waals surface area contributed by atoms with Crippen LogP contribution in [0.4, 0.5) is 0 Å². The lowest BCUT2D eigenvalue weighted by Crippen LogP contribution is -2.48. The Kier molecular flexibility index (Phi) is 5.53. The summed E-state index contributed by atoms with van der Waals surface area (Å²) in [4.78, 5) is 22.7. The van der Waals surface area contributed by atoms with E-state index in [2.05, 4.69) is 20.8 Å². The molecule has 4 nitrogen and oxygen atoms in total. The quantitative estimate of drug-likeness (QED) is 0.415. The zero-order chi connectivity index (χ0) is 16.5. The summed E-state index contributed by atoms with van der Waals surface area (Å²) >= 11 is 0. The van der Waals surface area contributed by atoms with Crippen LogP contribution in [0.5, 0.6) is 0 Å². The molecule has 0 aromatic carbocycles. The van der Waals surface area contributed by atoms with Gasteiger partial charge in [0.15, 0.2) is 0 Å². The molecule has 21 heavy (non-hydrogen) atoms. The monoisotopic (exact) mass is 302 g/mol. The molecule has 1 aliphatic carbocycles. The van der Waals surface area contributed by atoms with Crippen molar-refractivity contribution in [2.75, 3.05) is 0 Å². The second-order valence-corrected chi connectivity index (χ2v) is 9.32. The molecule has 0 spiro atoms. The fourth-order valence-corrected chi connectivity index (χ4v) is 2.96. The van der Waals surface area contributed by atoms with Gasteiger partial charge in [-0.15, -0.1) is 0 Å². The van der Waals surface area contributed by atoms with Gasteiger partial charge < -0.3 is 0 Å². The third-order valence-corrected chi connectivity index (χ3v) is 3.20. The molecule has 126 valence electrons. The van der Waals surface area contributed by atoms with Crippen molar-refractivity contribution < 1.29 is 19.6 Å². The van der Waals surface area contributed by atoms with Crippen LogP contribution in [0.25, 0.3) is 0 Å². The number of hydrogen-bond acceptors (Lipinski definition) is 4. The van der Waals surface area contributed by atoms with Gasteiger partial charge in [0.05, 0.1) is 11.2 Å². The summed E-state index contributed by atoms with van der Waals surface area (Å²) in [6.45, 7) is 18.5. The van der Waals surface area contributed by atoms with E-state index in [-0.39, 0.29) is 16.6 Å². The van der Waals surface area contributed by atoms with Crippen LogP contribution in [0.2, 0.25) is 0 Å². The van der Waals surface area contributed by atoms with Crippen LogP contribution in [-0.2, 0) is 19.6 Å². The molecule has 0 bridgehead atoms. The van der Waals surface area contributed by atoms with Crippen LogP contribution in [-0.4, -0.2) is 17.0 Å². The van der Waals surface area contributed by atoms with Crippen molar-refractivity contribution in [3.8, 4) is 0 Å². The maximum atomic E-state index is 5.79. The largest absolute Gasteiger partial charge is 0.234 e. The van der Waals surface area contributed by atoms with Crippen LogP contribution < -0.4 is 0 Å². The molecule has 1 fully saturated rings. The molecule has 1 atom stereocenters. The van der Waals surface area contributed by atoms with Crippen molar-refractivity contribution in [2.24, 2.45) is 11.3 Å². The predicted octanol–water partition coefficient (Wildman–Crippen LogP) is 5.02. The van der Waals surface area contributed by atoms with Crippen molar-refractivity contribution in [1.29, 1.82) is 0 Å². The van der Waals surface area contributed by atoms with E-state index in [4.69, 9.17) is 19.6 Å². The molecule has 0 aromatic heterocycles. The highest BCUT2D eigenvalue weighted by atomic mass is 17.3. The Balaban J connectivity index is 2.87. The maximum absolute atomic E-state index is 5.79. The highest BCUT2D eigenvalue weighted by Crippen LogP contribution is 2.47. The molecule has 0 radical (unpaired) electrons. The topological polar surface area (TPSA) is 36.9 Å². The van der Waals surface area contributed by atoms with Crippen molar-refractivity contribution in [1.82, 2.24) is 0 Å².